The first kappa shape index (κ1) is 24.5. The van der Waals surface area contributed by atoms with E-state index in [1.165, 1.54) is 12.1 Å². The molecule has 0 aliphatic heterocycles. The second kappa shape index (κ2) is 9.76. The van der Waals surface area contributed by atoms with Crippen LogP contribution in [0.3, 0.4) is 0 Å². The summed E-state index contributed by atoms with van der Waals surface area (Å²) in [5, 5.41) is 27.4. The first-order chi connectivity index (χ1) is 15.5. The average Bonchev–Trinajstić information content (AvgIpc) is 3.23. The normalized spacial score (nSPS) is 13.2. The largest absolute Gasteiger partial charge is 0.326 e. The van der Waals surface area contributed by atoms with Gasteiger partial charge in [-0.2, -0.15) is 0 Å². The van der Waals surface area contributed by atoms with Crippen LogP contribution in [-0.4, -0.2) is 25.1 Å². The van der Waals surface area contributed by atoms with Crippen LogP contribution in [0.2, 0.25) is 0 Å². The number of nitro groups is 1. The summed E-state index contributed by atoms with van der Waals surface area (Å²) >= 11 is 0. The van der Waals surface area contributed by atoms with Gasteiger partial charge in [0.15, 0.2) is 5.82 Å². The first-order valence-electron chi connectivity index (χ1n) is 11.0. The van der Waals surface area contributed by atoms with Gasteiger partial charge in [0.05, 0.1) is 16.5 Å². The lowest BCUT2D eigenvalue weighted by molar-refractivity contribution is -0.384. The zero-order valence-corrected chi connectivity index (χ0v) is 19.9. The Kier molecular flexibility index (Phi) is 7.24. The minimum Gasteiger partial charge on any atom is -0.326 e. The number of non-ortho nitro benzene ring substituents is 1. The van der Waals surface area contributed by atoms with Gasteiger partial charge in [0, 0.05) is 25.2 Å². The second-order valence-electron chi connectivity index (χ2n) is 10.2. The number of nitrogens with two attached hydrogens (primary N) is 1. The zero-order chi connectivity index (χ0) is 24.2. The molecule has 1 heterocycles. The van der Waals surface area contributed by atoms with Crippen LogP contribution in [0.5, 0.6) is 0 Å². The summed E-state index contributed by atoms with van der Waals surface area (Å²) in [6.07, 6.45) is 0.865. The highest BCUT2D eigenvalue weighted by atomic mass is 16.6. The Morgan fingerprint density at radius 3 is 2.36 bits per heavy atom. The molecular weight excluding hydrogens is 418 g/mol. The molecule has 1 unspecified atom stereocenters. The van der Waals surface area contributed by atoms with Crippen LogP contribution in [0.15, 0.2) is 48.5 Å². The fourth-order valence-corrected chi connectivity index (χ4v) is 4.41. The molecule has 9 nitrogen and oxygen atoms in total. The first-order valence-corrected chi connectivity index (χ1v) is 11.0. The van der Waals surface area contributed by atoms with Crippen LogP contribution in [0.4, 0.5) is 5.69 Å². The third-order valence-electron chi connectivity index (χ3n) is 5.46. The maximum atomic E-state index is 11.1. The number of tetrazole rings is 1. The number of aromatic nitrogens is 4. The molecule has 1 atom stereocenters. The lowest BCUT2D eigenvalue weighted by atomic mass is 9.81. The number of benzene rings is 2. The predicted molar refractivity (Wildman–Crippen MR) is 127 cm³/mol. The summed E-state index contributed by atoms with van der Waals surface area (Å²) in [7, 11) is 0. The van der Waals surface area contributed by atoms with E-state index in [1.54, 1.807) is 12.1 Å². The molecule has 3 rings (SSSR count). The van der Waals surface area contributed by atoms with Crippen molar-refractivity contribution in [2.24, 2.45) is 11.1 Å². The quantitative estimate of drug-likeness (QED) is 0.371. The van der Waals surface area contributed by atoms with Gasteiger partial charge in [-0.05, 0) is 52.8 Å². The van der Waals surface area contributed by atoms with Gasteiger partial charge in [0.2, 0.25) is 0 Å². The molecule has 0 saturated heterocycles. The molecule has 2 aromatic carbocycles. The molecule has 0 aliphatic carbocycles. The van der Waals surface area contributed by atoms with E-state index in [1.807, 2.05) is 22.9 Å². The Labute approximate surface area is 194 Å². The molecule has 0 spiro atoms. The Morgan fingerprint density at radius 2 is 1.76 bits per heavy atom. The Hall–Kier alpha value is -3.17. The van der Waals surface area contributed by atoms with E-state index in [9.17, 15) is 10.1 Å². The third kappa shape index (κ3) is 6.21. The lowest BCUT2D eigenvalue weighted by Gasteiger charge is -2.34. The number of rotatable bonds is 9. The van der Waals surface area contributed by atoms with Gasteiger partial charge in [-0.25, -0.2) is 4.68 Å². The van der Waals surface area contributed by atoms with Gasteiger partial charge >= 0.3 is 0 Å². The summed E-state index contributed by atoms with van der Waals surface area (Å²) in [5.41, 5.74) is 8.56. The molecule has 3 aromatic rings. The third-order valence-corrected chi connectivity index (χ3v) is 5.46. The molecule has 33 heavy (non-hydrogen) atoms. The second-order valence-corrected chi connectivity index (χ2v) is 10.2. The van der Waals surface area contributed by atoms with E-state index in [2.05, 4.69) is 61.5 Å². The Morgan fingerprint density at radius 1 is 1.09 bits per heavy atom. The number of nitro benzene ring substituents is 1. The molecular formula is C24H33N7O2. The highest BCUT2D eigenvalue weighted by molar-refractivity contribution is 5.36. The van der Waals surface area contributed by atoms with Crippen molar-refractivity contribution in [3.05, 3.63) is 81.2 Å². The SMILES string of the molecule is CC(C)(C)CC(C)(C)n1nnnc1C(NCc1cccc(CN)c1)c1ccc([N+](=O)[O-])cc1. The van der Waals surface area contributed by atoms with Crippen molar-refractivity contribution in [1.82, 2.24) is 25.5 Å². The maximum absolute atomic E-state index is 11.1. The van der Waals surface area contributed by atoms with Crippen molar-refractivity contribution in [1.29, 1.82) is 0 Å². The van der Waals surface area contributed by atoms with Crippen molar-refractivity contribution in [2.75, 3.05) is 0 Å². The van der Waals surface area contributed by atoms with Crippen molar-refractivity contribution in [3.8, 4) is 0 Å². The van der Waals surface area contributed by atoms with Crippen LogP contribution in [0.25, 0.3) is 0 Å². The number of nitrogens with zero attached hydrogens (tertiary/aromatic N) is 5. The average molecular weight is 452 g/mol. The molecule has 0 fully saturated rings. The highest BCUT2D eigenvalue weighted by Gasteiger charge is 2.33. The van der Waals surface area contributed by atoms with Gasteiger partial charge in [0.1, 0.15) is 0 Å². The van der Waals surface area contributed by atoms with E-state index in [-0.39, 0.29) is 22.7 Å². The lowest BCUT2D eigenvalue weighted by Crippen LogP contribution is -2.36. The molecule has 176 valence electrons. The number of nitrogens with one attached hydrogen (secondary N) is 1. The predicted octanol–water partition coefficient (Wildman–Crippen LogP) is 4.09. The van der Waals surface area contributed by atoms with Gasteiger partial charge in [-0.3, -0.25) is 15.4 Å². The topological polar surface area (TPSA) is 125 Å². The van der Waals surface area contributed by atoms with Crippen molar-refractivity contribution in [2.45, 2.75) is 65.7 Å². The van der Waals surface area contributed by atoms with Crippen molar-refractivity contribution in [3.63, 3.8) is 0 Å². The van der Waals surface area contributed by atoms with Gasteiger partial charge in [-0.15, -0.1) is 5.10 Å². The minimum atomic E-state index is -0.402. The summed E-state index contributed by atoms with van der Waals surface area (Å²) in [6, 6.07) is 14.2. The molecule has 0 radical (unpaired) electrons. The van der Waals surface area contributed by atoms with Crippen LogP contribution in [0, 0.1) is 15.5 Å². The van der Waals surface area contributed by atoms with Crippen LogP contribution >= 0.6 is 0 Å². The van der Waals surface area contributed by atoms with E-state index in [4.69, 9.17) is 5.73 Å². The summed E-state index contributed by atoms with van der Waals surface area (Å²) in [4.78, 5) is 10.7. The molecule has 0 amide bonds. The molecule has 3 N–H and O–H groups in total. The fraction of sp³-hybridized carbons (Fsp3) is 0.458. The highest BCUT2D eigenvalue weighted by Crippen LogP contribution is 2.34. The smallest absolute Gasteiger partial charge is 0.269 e. The van der Waals surface area contributed by atoms with Crippen molar-refractivity contribution < 1.29 is 4.92 Å². The monoisotopic (exact) mass is 451 g/mol. The van der Waals surface area contributed by atoms with Crippen LogP contribution in [-0.2, 0) is 18.6 Å². The molecule has 0 saturated carbocycles. The van der Waals surface area contributed by atoms with Crippen molar-refractivity contribution >= 4 is 5.69 Å². The molecule has 1 aromatic heterocycles. The summed E-state index contributed by atoms with van der Waals surface area (Å²) < 4.78 is 1.87. The van der Waals surface area contributed by atoms with E-state index in [0.29, 0.717) is 18.9 Å². The fourth-order valence-electron chi connectivity index (χ4n) is 4.41. The maximum Gasteiger partial charge on any atom is 0.269 e. The molecule has 9 heteroatoms. The molecule has 0 bridgehead atoms. The van der Waals surface area contributed by atoms with Gasteiger partial charge in [0.25, 0.3) is 5.69 Å². The number of hydrogen-bond donors (Lipinski definition) is 2. The van der Waals surface area contributed by atoms with Gasteiger partial charge in [-0.1, -0.05) is 57.2 Å². The Balaban J connectivity index is 1.99. The summed E-state index contributed by atoms with van der Waals surface area (Å²) in [5.74, 6) is 0.660. The molecule has 0 aliphatic rings. The van der Waals surface area contributed by atoms with Gasteiger partial charge < -0.3 is 5.73 Å². The van der Waals surface area contributed by atoms with E-state index < -0.39 is 4.92 Å². The van der Waals surface area contributed by atoms with Crippen LogP contribution < -0.4 is 11.1 Å². The van der Waals surface area contributed by atoms with E-state index >= 15 is 0 Å². The Bertz CT molecular complexity index is 1080. The van der Waals surface area contributed by atoms with E-state index in [0.717, 1.165) is 23.1 Å². The standard InChI is InChI=1S/C24H33N7O2/c1-23(2,3)16-24(4,5)30-22(27-28-29-30)21(19-9-11-20(12-10-19)31(32)33)26-15-18-8-6-7-17(13-18)14-25/h6-13,21,26H,14-16,25H2,1-5H3. The minimum absolute atomic E-state index is 0.0424. The van der Waals surface area contributed by atoms with Crippen LogP contribution in [0.1, 0.15) is 69.6 Å². The zero-order valence-electron chi connectivity index (χ0n) is 19.9. The summed E-state index contributed by atoms with van der Waals surface area (Å²) in [6.45, 7) is 11.8. The number of hydrogen-bond acceptors (Lipinski definition) is 7.